The van der Waals surface area contributed by atoms with Crippen molar-refractivity contribution in [1.29, 1.82) is 0 Å². The highest BCUT2D eigenvalue weighted by molar-refractivity contribution is 7.47. The molecule has 0 saturated heterocycles. The van der Waals surface area contributed by atoms with Crippen LogP contribution in [0.5, 0.6) is 0 Å². The van der Waals surface area contributed by atoms with Crippen molar-refractivity contribution in [1.82, 2.24) is 0 Å². The molecular weight excluding hydrogens is 741 g/mol. The second-order valence-corrected chi connectivity index (χ2v) is 16.5. The van der Waals surface area contributed by atoms with Gasteiger partial charge < -0.3 is 18.9 Å². The monoisotopic (exact) mass is 819 g/mol. The third-order valence-corrected chi connectivity index (χ3v) is 9.36. The van der Waals surface area contributed by atoms with E-state index in [9.17, 15) is 23.8 Å². The van der Waals surface area contributed by atoms with Crippen molar-refractivity contribution in [3.05, 3.63) is 85.1 Å². The van der Waals surface area contributed by atoms with Gasteiger partial charge >= 0.3 is 19.8 Å². The second-order valence-electron chi connectivity index (χ2n) is 15.1. The molecule has 0 fully saturated rings. The number of ether oxygens (including phenoxy) is 2. The molecule has 10 nitrogen and oxygen atoms in total. The molecule has 0 aromatic carbocycles. The van der Waals surface area contributed by atoms with Crippen LogP contribution in [-0.4, -0.2) is 80.7 Å². The van der Waals surface area contributed by atoms with Gasteiger partial charge in [-0.2, -0.15) is 0 Å². The number of ketones is 1. The second kappa shape index (κ2) is 37.2. The molecule has 0 amide bonds. The molecule has 0 saturated carbocycles. The number of esters is 2. The Balaban J connectivity index is 4.68. The van der Waals surface area contributed by atoms with Gasteiger partial charge in [0.25, 0.3) is 0 Å². The van der Waals surface area contributed by atoms with E-state index in [4.69, 9.17) is 18.5 Å². The van der Waals surface area contributed by atoms with Gasteiger partial charge in [-0.1, -0.05) is 119 Å². The van der Waals surface area contributed by atoms with Crippen LogP contribution in [0, 0.1) is 0 Å². The number of hydrogen-bond acceptors (Lipinski definition) is 8. The quantitative estimate of drug-likeness (QED) is 0.0124. The summed E-state index contributed by atoms with van der Waals surface area (Å²) in [6, 6.07) is 0. The van der Waals surface area contributed by atoms with Gasteiger partial charge in [0.05, 0.1) is 27.7 Å². The van der Waals surface area contributed by atoms with Crippen LogP contribution in [0.1, 0.15) is 136 Å². The lowest BCUT2D eigenvalue weighted by Gasteiger charge is -2.24. The zero-order valence-electron chi connectivity index (χ0n) is 36.0. The predicted octanol–water partition coefficient (Wildman–Crippen LogP) is 11.2. The predicted molar refractivity (Wildman–Crippen MR) is 234 cm³/mol. The van der Waals surface area contributed by atoms with Crippen molar-refractivity contribution in [2.75, 3.05) is 47.5 Å². The molecule has 57 heavy (non-hydrogen) atoms. The van der Waals surface area contributed by atoms with Crippen LogP contribution in [0.25, 0.3) is 0 Å². The highest BCUT2D eigenvalue weighted by atomic mass is 31.2. The van der Waals surface area contributed by atoms with E-state index in [-0.39, 0.29) is 44.7 Å². The van der Waals surface area contributed by atoms with Gasteiger partial charge in [0, 0.05) is 19.3 Å². The molecule has 0 rings (SSSR count). The minimum Gasteiger partial charge on any atom is -0.462 e. The van der Waals surface area contributed by atoms with Crippen molar-refractivity contribution >= 4 is 25.5 Å². The maximum Gasteiger partial charge on any atom is 0.472 e. The number of carbonyl (C=O) groups is 3. The van der Waals surface area contributed by atoms with Crippen molar-refractivity contribution in [2.24, 2.45) is 0 Å². The van der Waals surface area contributed by atoms with Gasteiger partial charge in [0.2, 0.25) is 0 Å². The summed E-state index contributed by atoms with van der Waals surface area (Å²) in [6.07, 6.45) is 43.6. The first-order valence-corrected chi connectivity index (χ1v) is 22.8. The summed E-state index contributed by atoms with van der Waals surface area (Å²) < 4.78 is 34.0. The van der Waals surface area contributed by atoms with E-state index in [0.29, 0.717) is 17.4 Å². The van der Waals surface area contributed by atoms with E-state index in [2.05, 4.69) is 74.6 Å². The molecule has 0 heterocycles. The Labute approximate surface area is 346 Å². The molecule has 0 aromatic rings. The average Bonchev–Trinajstić information content (AvgIpc) is 3.15. The van der Waals surface area contributed by atoms with E-state index in [0.717, 1.165) is 51.4 Å². The summed E-state index contributed by atoms with van der Waals surface area (Å²) in [4.78, 5) is 47.6. The lowest BCUT2D eigenvalue weighted by atomic mass is 10.1. The summed E-state index contributed by atoms with van der Waals surface area (Å²) in [5.74, 6) is -1.23. The Bertz CT molecular complexity index is 1310. The van der Waals surface area contributed by atoms with E-state index in [1.165, 1.54) is 44.6 Å². The minimum atomic E-state index is -4.45. The number of nitrogens with zero attached hydrogens (tertiary/aromatic N) is 1. The molecule has 324 valence electrons. The van der Waals surface area contributed by atoms with Gasteiger partial charge in [-0.25, -0.2) is 4.57 Å². The number of hydrogen-bond donors (Lipinski definition) is 1. The maximum absolute atomic E-state index is 12.7. The summed E-state index contributed by atoms with van der Waals surface area (Å²) in [6.45, 7) is 4.00. The van der Waals surface area contributed by atoms with E-state index >= 15 is 0 Å². The highest BCUT2D eigenvalue weighted by Crippen LogP contribution is 2.43. The van der Waals surface area contributed by atoms with Gasteiger partial charge in [-0.3, -0.25) is 23.4 Å². The van der Waals surface area contributed by atoms with Crippen molar-refractivity contribution in [3.8, 4) is 0 Å². The summed E-state index contributed by atoms with van der Waals surface area (Å²) in [7, 11) is 1.29. The number of phosphoric acid groups is 1. The number of rotatable bonds is 37. The smallest absolute Gasteiger partial charge is 0.462 e. The Kier molecular flexibility index (Phi) is 35.1. The number of carbonyl (C=O) groups excluding carboxylic acids is 3. The lowest BCUT2D eigenvalue weighted by Crippen LogP contribution is -2.37. The number of allylic oxidation sites excluding steroid dienone is 14. The lowest BCUT2D eigenvalue weighted by molar-refractivity contribution is -0.870. The molecule has 0 aliphatic heterocycles. The Morgan fingerprint density at radius 1 is 0.596 bits per heavy atom. The van der Waals surface area contributed by atoms with Crippen LogP contribution in [-0.2, 0) is 37.5 Å². The van der Waals surface area contributed by atoms with Crippen LogP contribution in [0.2, 0.25) is 0 Å². The molecule has 0 aliphatic rings. The van der Waals surface area contributed by atoms with Crippen molar-refractivity contribution in [2.45, 2.75) is 142 Å². The highest BCUT2D eigenvalue weighted by Gasteiger charge is 2.27. The summed E-state index contributed by atoms with van der Waals surface area (Å²) >= 11 is 0. The first kappa shape index (κ1) is 53.9. The Morgan fingerprint density at radius 2 is 1.11 bits per heavy atom. The number of unbranched alkanes of at least 4 members (excludes halogenated alkanes) is 8. The minimum absolute atomic E-state index is 0.0219. The zero-order valence-corrected chi connectivity index (χ0v) is 36.9. The third kappa shape index (κ3) is 40.8. The van der Waals surface area contributed by atoms with Crippen molar-refractivity contribution in [3.63, 3.8) is 0 Å². The topological polar surface area (TPSA) is 125 Å². The molecule has 2 atom stereocenters. The molecule has 1 unspecified atom stereocenters. The number of likely N-dealkylation sites (N-methyl/N-ethyl adjacent to an activating group) is 1. The van der Waals surface area contributed by atoms with Crippen LogP contribution >= 0.6 is 7.82 Å². The average molecular weight is 819 g/mol. The fraction of sp³-hybridized carbons (Fsp3) is 0.630. The molecular formula is C46H77NO9P+. The van der Waals surface area contributed by atoms with Crippen LogP contribution < -0.4 is 0 Å². The normalized spacial score (nSPS) is 14.4. The van der Waals surface area contributed by atoms with Crippen LogP contribution in [0.15, 0.2) is 85.1 Å². The fourth-order valence-electron chi connectivity index (χ4n) is 4.97. The summed E-state index contributed by atoms with van der Waals surface area (Å²) in [5.41, 5.74) is 0. The number of phosphoric ester groups is 1. The number of quaternary nitrogens is 1. The SMILES string of the molecule is CCCCC/C=C\C/C=C\C/C=C\C=C\C(=O)CCCC(=O)O[C@H](COC(=O)CCCC/C=C\C/C=C\C/C=C\CCCCC)COP(=O)(O)OCC[N+](C)(C)C. The van der Waals surface area contributed by atoms with Gasteiger partial charge in [0.15, 0.2) is 11.9 Å². The zero-order chi connectivity index (χ0) is 42.3. The third-order valence-electron chi connectivity index (χ3n) is 8.37. The standard InChI is InChI=1S/C46H76NO9P/c1-6-8-10-12-14-16-18-20-21-23-25-27-29-31-33-37-45(49)53-41-44(42-55-57(51,52)54-40-39-47(3,4)5)56-46(50)38-34-36-43(48)35-32-30-28-26-24-22-19-17-15-13-11-9-7-2/h14-17,20-22,24-25,27-28,30,32,35,44H,6-13,18-19,23,26,29,31,33-34,36-42H2,1-5H3/p+1/b16-14-,17-15-,21-20-,24-22-,27-25-,30-28-,35-32+/t44-/m1/s1. The molecule has 11 heteroatoms. The van der Waals surface area contributed by atoms with Crippen molar-refractivity contribution < 1.29 is 46.8 Å². The van der Waals surface area contributed by atoms with Gasteiger partial charge in [-0.15, -0.1) is 0 Å². The first-order valence-electron chi connectivity index (χ1n) is 21.3. The molecule has 0 radical (unpaired) electrons. The molecule has 0 aromatic heterocycles. The molecule has 1 N–H and O–H groups in total. The van der Waals surface area contributed by atoms with E-state index in [1.54, 1.807) is 6.08 Å². The van der Waals surface area contributed by atoms with E-state index < -0.39 is 32.5 Å². The van der Waals surface area contributed by atoms with Crippen LogP contribution in [0.4, 0.5) is 0 Å². The largest absolute Gasteiger partial charge is 0.472 e. The van der Waals surface area contributed by atoms with Crippen LogP contribution in [0.3, 0.4) is 0 Å². The Morgan fingerprint density at radius 3 is 1.65 bits per heavy atom. The maximum atomic E-state index is 12.7. The van der Waals surface area contributed by atoms with Gasteiger partial charge in [0.1, 0.15) is 19.8 Å². The Hall–Kier alpha value is -3.14. The van der Waals surface area contributed by atoms with Gasteiger partial charge in [-0.05, 0) is 83.1 Å². The summed E-state index contributed by atoms with van der Waals surface area (Å²) in [5, 5.41) is 0. The fourth-order valence-corrected chi connectivity index (χ4v) is 5.71. The van der Waals surface area contributed by atoms with E-state index in [1.807, 2.05) is 33.3 Å². The molecule has 0 bridgehead atoms. The molecule has 0 aliphatic carbocycles. The first-order chi connectivity index (χ1) is 27.4. The molecule has 0 spiro atoms.